The number of hydrogen-bond acceptors (Lipinski definition) is 2. The molecule has 2 saturated carbocycles. The molecular formula is C14H27NS. The van der Waals surface area contributed by atoms with Gasteiger partial charge in [-0.1, -0.05) is 12.8 Å². The Hall–Kier alpha value is 0.310. The molecule has 0 aromatic carbocycles. The number of rotatable bonds is 5. The third-order valence-corrected chi connectivity index (χ3v) is 5.62. The fourth-order valence-electron chi connectivity index (χ4n) is 2.87. The third-order valence-electron chi connectivity index (χ3n) is 4.37. The summed E-state index contributed by atoms with van der Waals surface area (Å²) in [5, 5.41) is 3.80. The van der Waals surface area contributed by atoms with E-state index in [4.69, 9.17) is 0 Å². The van der Waals surface area contributed by atoms with Crippen LogP contribution in [0.1, 0.15) is 52.4 Å². The molecule has 0 spiro atoms. The topological polar surface area (TPSA) is 12.0 Å². The van der Waals surface area contributed by atoms with Crippen LogP contribution in [-0.2, 0) is 0 Å². The lowest BCUT2D eigenvalue weighted by Crippen LogP contribution is -2.41. The fraction of sp³-hybridized carbons (Fsp3) is 1.00. The average molecular weight is 241 g/mol. The van der Waals surface area contributed by atoms with Gasteiger partial charge in [-0.2, -0.15) is 11.8 Å². The van der Waals surface area contributed by atoms with Crippen LogP contribution >= 0.6 is 11.8 Å². The second kappa shape index (κ2) is 5.30. The van der Waals surface area contributed by atoms with E-state index in [1.165, 1.54) is 38.5 Å². The minimum Gasteiger partial charge on any atom is -0.313 e. The summed E-state index contributed by atoms with van der Waals surface area (Å²) in [7, 11) is 0. The lowest BCUT2D eigenvalue weighted by Gasteiger charge is -2.32. The van der Waals surface area contributed by atoms with Crippen molar-refractivity contribution in [1.82, 2.24) is 5.32 Å². The molecule has 0 aliphatic heterocycles. The Balaban J connectivity index is 1.72. The summed E-state index contributed by atoms with van der Waals surface area (Å²) in [4.78, 5) is 0. The predicted octanol–water partition coefficient (Wildman–Crippen LogP) is 3.69. The first-order valence-electron chi connectivity index (χ1n) is 6.89. The van der Waals surface area contributed by atoms with E-state index in [-0.39, 0.29) is 0 Å². The van der Waals surface area contributed by atoms with Crippen molar-refractivity contribution >= 4 is 11.8 Å². The first kappa shape index (κ1) is 12.8. The van der Waals surface area contributed by atoms with Crippen LogP contribution in [0.25, 0.3) is 0 Å². The summed E-state index contributed by atoms with van der Waals surface area (Å²) in [6, 6.07) is 0.811. The molecule has 94 valence electrons. The maximum atomic E-state index is 3.80. The third kappa shape index (κ3) is 3.66. The van der Waals surface area contributed by atoms with E-state index in [1.807, 2.05) is 11.8 Å². The Kier molecular flexibility index (Phi) is 4.23. The van der Waals surface area contributed by atoms with Crippen LogP contribution in [0.2, 0.25) is 0 Å². The molecule has 0 bridgehead atoms. The molecule has 2 unspecified atom stereocenters. The molecule has 0 saturated heterocycles. The Morgan fingerprint density at radius 2 is 1.88 bits per heavy atom. The molecule has 2 atom stereocenters. The molecule has 2 rings (SSSR count). The molecule has 0 aromatic heterocycles. The van der Waals surface area contributed by atoms with Gasteiger partial charge in [-0.25, -0.2) is 0 Å². The largest absolute Gasteiger partial charge is 0.313 e. The zero-order chi connectivity index (χ0) is 11.6. The minimum atomic E-state index is 0.395. The highest BCUT2D eigenvalue weighted by Crippen LogP contribution is 2.43. The van der Waals surface area contributed by atoms with Crippen molar-refractivity contribution in [1.29, 1.82) is 0 Å². The maximum absolute atomic E-state index is 3.80. The van der Waals surface area contributed by atoms with Crippen LogP contribution in [0, 0.1) is 11.8 Å². The van der Waals surface area contributed by atoms with E-state index in [0.717, 1.165) is 24.4 Å². The second-order valence-electron chi connectivity index (χ2n) is 6.31. The summed E-state index contributed by atoms with van der Waals surface area (Å²) in [5.41, 5.74) is 0. The Morgan fingerprint density at radius 1 is 1.12 bits per heavy atom. The van der Waals surface area contributed by atoms with E-state index >= 15 is 0 Å². The predicted molar refractivity (Wildman–Crippen MR) is 74.1 cm³/mol. The van der Waals surface area contributed by atoms with Crippen molar-refractivity contribution in [2.24, 2.45) is 11.8 Å². The first-order chi connectivity index (χ1) is 7.61. The van der Waals surface area contributed by atoms with E-state index in [1.54, 1.807) is 0 Å². The van der Waals surface area contributed by atoms with Crippen molar-refractivity contribution in [2.75, 3.05) is 12.8 Å². The quantitative estimate of drug-likeness (QED) is 0.788. The standard InChI is InChI=1S/C14H27NS/c1-14(2,16-3)10-15-13-6-4-5-12(9-13)11-7-8-11/h11-13,15H,4-10H2,1-3H3. The van der Waals surface area contributed by atoms with E-state index < -0.39 is 0 Å². The average Bonchev–Trinajstić information content (AvgIpc) is 3.11. The molecule has 2 fully saturated rings. The lowest BCUT2D eigenvalue weighted by atomic mass is 9.82. The zero-order valence-electron chi connectivity index (χ0n) is 11.1. The summed E-state index contributed by atoms with van der Waals surface area (Å²) in [5.74, 6) is 2.17. The molecule has 0 aromatic rings. The SMILES string of the molecule is CSC(C)(C)CNC1CCCC(C2CC2)C1. The Bertz CT molecular complexity index is 223. The van der Waals surface area contributed by atoms with Crippen LogP contribution in [0.15, 0.2) is 0 Å². The van der Waals surface area contributed by atoms with Crippen LogP contribution in [-0.4, -0.2) is 23.6 Å². The zero-order valence-corrected chi connectivity index (χ0v) is 11.9. The highest BCUT2D eigenvalue weighted by atomic mass is 32.2. The van der Waals surface area contributed by atoms with Gasteiger partial charge in [-0.3, -0.25) is 0 Å². The van der Waals surface area contributed by atoms with Crippen LogP contribution in [0.4, 0.5) is 0 Å². The van der Waals surface area contributed by atoms with Crippen molar-refractivity contribution in [2.45, 2.75) is 63.2 Å². The van der Waals surface area contributed by atoms with Crippen molar-refractivity contribution < 1.29 is 0 Å². The molecule has 2 aliphatic rings. The van der Waals surface area contributed by atoms with Gasteiger partial charge in [0, 0.05) is 17.3 Å². The lowest BCUT2D eigenvalue weighted by molar-refractivity contribution is 0.258. The summed E-state index contributed by atoms with van der Waals surface area (Å²) in [6.45, 7) is 5.84. The van der Waals surface area contributed by atoms with Gasteiger partial charge in [0.05, 0.1) is 0 Å². The maximum Gasteiger partial charge on any atom is 0.0225 e. The molecule has 0 heterocycles. The summed E-state index contributed by atoms with van der Waals surface area (Å²) in [6.07, 6.45) is 11.1. The molecule has 1 nitrogen and oxygen atoms in total. The van der Waals surface area contributed by atoms with Gasteiger partial charge in [0.2, 0.25) is 0 Å². The highest BCUT2D eigenvalue weighted by molar-refractivity contribution is 7.99. The van der Waals surface area contributed by atoms with Gasteiger partial charge < -0.3 is 5.32 Å². The van der Waals surface area contributed by atoms with Gasteiger partial charge in [-0.15, -0.1) is 0 Å². The molecule has 1 N–H and O–H groups in total. The smallest absolute Gasteiger partial charge is 0.0225 e. The molecule has 2 aliphatic carbocycles. The molecule has 2 heteroatoms. The Labute approximate surface area is 105 Å². The van der Waals surface area contributed by atoms with Gasteiger partial charge in [0.25, 0.3) is 0 Å². The molecule has 0 radical (unpaired) electrons. The summed E-state index contributed by atoms with van der Waals surface area (Å²) >= 11 is 1.97. The van der Waals surface area contributed by atoms with Gasteiger partial charge in [-0.05, 0) is 57.6 Å². The number of nitrogens with one attached hydrogen (secondary N) is 1. The van der Waals surface area contributed by atoms with Crippen molar-refractivity contribution in [3.8, 4) is 0 Å². The van der Waals surface area contributed by atoms with E-state index in [9.17, 15) is 0 Å². The van der Waals surface area contributed by atoms with E-state index in [2.05, 4.69) is 25.4 Å². The van der Waals surface area contributed by atoms with Crippen LogP contribution in [0.3, 0.4) is 0 Å². The highest BCUT2D eigenvalue weighted by Gasteiger charge is 2.34. The van der Waals surface area contributed by atoms with E-state index in [0.29, 0.717) is 4.75 Å². The molecular weight excluding hydrogens is 214 g/mol. The number of hydrogen-bond donors (Lipinski definition) is 1. The Morgan fingerprint density at radius 3 is 2.50 bits per heavy atom. The van der Waals surface area contributed by atoms with Gasteiger partial charge >= 0.3 is 0 Å². The van der Waals surface area contributed by atoms with Crippen LogP contribution < -0.4 is 5.32 Å². The summed E-state index contributed by atoms with van der Waals surface area (Å²) < 4.78 is 0.395. The molecule has 16 heavy (non-hydrogen) atoms. The second-order valence-corrected chi connectivity index (χ2v) is 7.82. The van der Waals surface area contributed by atoms with Crippen LogP contribution in [0.5, 0.6) is 0 Å². The first-order valence-corrected chi connectivity index (χ1v) is 8.12. The molecule has 0 amide bonds. The number of thioether (sulfide) groups is 1. The van der Waals surface area contributed by atoms with Gasteiger partial charge in [0.15, 0.2) is 0 Å². The monoisotopic (exact) mass is 241 g/mol. The normalized spacial score (nSPS) is 31.7. The fourth-order valence-corrected chi connectivity index (χ4v) is 3.10. The van der Waals surface area contributed by atoms with Crippen molar-refractivity contribution in [3.05, 3.63) is 0 Å². The minimum absolute atomic E-state index is 0.395. The van der Waals surface area contributed by atoms with Crippen molar-refractivity contribution in [3.63, 3.8) is 0 Å². The van der Waals surface area contributed by atoms with Gasteiger partial charge in [0.1, 0.15) is 0 Å².